The van der Waals surface area contributed by atoms with Crippen molar-refractivity contribution in [3.63, 3.8) is 0 Å². The maximum atomic E-state index is 8.25. The molecule has 0 aromatic heterocycles. The van der Waals surface area contributed by atoms with E-state index in [1.54, 1.807) is 0 Å². The van der Waals surface area contributed by atoms with Crippen LogP contribution in [-0.4, -0.2) is 24.3 Å². The van der Waals surface area contributed by atoms with Crippen molar-refractivity contribution in [1.29, 1.82) is 0 Å². The molecular weight excluding hydrogens is 403 g/mol. The van der Waals surface area contributed by atoms with E-state index in [1.165, 1.54) is 10.0 Å². The molecule has 1 rings (SSSR count). The average molecular weight is 439 g/mol. The van der Waals surface area contributed by atoms with E-state index in [0.717, 1.165) is 0 Å². The van der Waals surface area contributed by atoms with Crippen LogP contribution in [0.2, 0.25) is 0 Å². The van der Waals surface area contributed by atoms with Gasteiger partial charge in [0.15, 0.2) is 0 Å². The van der Waals surface area contributed by atoms with Gasteiger partial charge in [0.25, 0.3) is 0 Å². The van der Waals surface area contributed by atoms with Crippen molar-refractivity contribution >= 4 is 15.9 Å². The average Bonchev–Trinajstić information content (AvgIpc) is 2.27. The van der Waals surface area contributed by atoms with E-state index in [1.807, 2.05) is 6.07 Å². The Hall–Kier alpha value is 0.724. The van der Waals surface area contributed by atoms with Crippen LogP contribution in [0, 0.1) is 0 Å². The summed E-state index contributed by atoms with van der Waals surface area (Å²) in [4.78, 5) is 0. The minimum absolute atomic E-state index is 0. The molecule has 0 saturated heterocycles. The van der Waals surface area contributed by atoms with Gasteiger partial charge in [-0.15, -0.1) is 0 Å². The molecule has 0 heterocycles. The molecule has 4 heteroatoms. The molecule has 0 unspecified atom stereocenters. The summed E-state index contributed by atoms with van der Waals surface area (Å²) in [6, 6.07) is 8.91. The minimum atomic E-state index is 0. The van der Waals surface area contributed by atoms with E-state index in [-0.39, 0.29) is 61.6 Å². The van der Waals surface area contributed by atoms with Gasteiger partial charge in [0.05, 0.1) is 6.61 Å². The SMILES string of the molecule is C.C.C.CC(C)NCCO.CC(C)c1cccc(Br)c1.[Y]. The van der Waals surface area contributed by atoms with Crippen molar-refractivity contribution in [3.05, 3.63) is 34.3 Å². The van der Waals surface area contributed by atoms with Crippen LogP contribution in [0.15, 0.2) is 28.7 Å². The largest absolute Gasteiger partial charge is 0.395 e. The first-order chi connectivity index (χ1) is 7.97. The number of rotatable bonds is 4. The third-order valence-electron chi connectivity index (χ3n) is 2.18. The summed E-state index contributed by atoms with van der Waals surface area (Å²) in [7, 11) is 0. The first-order valence-corrected chi connectivity index (χ1v) is 6.86. The molecule has 0 aliphatic heterocycles. The number of nitrogens with one attached hydrogen (secondary N) is 1. The third kappa shape index (κ3) is 20.7. The zero-order valence-corrected chi connectivity index (χ0v) is 16.2. The Morgan fingerprint density at radius 1 is 1.10 bits per heavy atom. The van der Waals surface area contributed by atoms with Gasteiger partial charge in [-0.1, -0.05) is 78.0 Å². The van der Waals surface area contributed by atoms with E-state index in [9.17, 15) is 0 Å². The second-order valence-corrected chi connectivity index (χ2v) is 5.46. The zero-order valence-electron chi connectivity index (χ0n) is 11.8. The van der Waals surface area contributed by atoms with Gasteiger partial charge >= 0.3 is 0 Å². The maximum absolute atomic E-state index is 8.25. The van der Waals surface area contributed by atoms with E-state index in [2.05, 4.69) is 67.1 Å². The Labute approximate surface area is 167 Å². The quantitative estimate of drug-likeness (QED) is 0.654. The molecule has 0 fully saturated rings. The molecule has 0 spiro atoms. The molecule has 0 saturated carbocycles. The molecule has 0 bridgehead atoms. The Morgan fingerprint density at radius 2 is 1.62 bits per heavy atom. The molecule has 2 nitrogen and oxygen atoms in total. The number of hydrogen-bond acceptors (Lipinski definition) is 2. The van der Waals surface area contributed by atoms with Crippen LogP contribution in [0.4, 0.5) is 0 Å². The number of aliphatic hydroxyl groups is 1. The molecule has 0 aliphatic rings. The number of aliphatic hydroxyl groups excluding tert-OH is 1. The first kappa shape index (κ1) is 33.4. The van der Waals surface area contributed by atoms with Gasteiger partial charge < -0.3 is 10.4 Å². The molecule has 0 amide bonds. The zero-order chi connectivity index (χ0) is 13.3. The van der Waals surface area contributed by atoms with Crippen LogP contribution in [0.3, 0.4) is 0 Å². The minimum Gasteiger partial charge on any atom is -0.395 e. The molecule has 21 heavy (non-hydrogen) atoms. The summed E-state index contributed by atoms with van der Waals surface area (Å²) in [6.45, 7) is 9.44. The Balaban J connectivity index is -0.0000000713. The number of benzene rings is 1. The Bertz CT molecular complexity index is 307. The van der Waals surface area contributed by atoms with Crippen molar-refractivity contribution in [3.8, 4) is 0 Å². The Morgan fingerprint density at radius 3 is 1.86 bits per heavy atom. The van der Waals surface area contributed by atoms with Crippen LogP contribution >= 0.6 is 15.9 Å². The Kier molecular flexibility index (Phi) is 32.9. The summed E-state index contributed by atoms with van der Waals surface area (Å²) in [5.74, 6) is 0.623. The fraction of sp³-hybridized carbons (Fsp3) is 0.647. The standard InChI is InChI=1S/C9H11Br.C5H13NO.3CH4.Y/c1-7(2)8-4-3-5-9(10)6-8;1-5(2)6-3-4-7;;;;/h3-7H,1-2H3;5-7H,3-4H2,1-2H3;3*1H4;. The second-order valence-electron chi connectivity index (χ2n) is 4.54. The summed E-state index contributed by atoms with van der Waals surface area (Å²) >= 11 is 3.43. The van der Waals surface area contributed by atoms with Crippen LogP contribution in [-0.2, 0) is 32.7 Å². The third-order valence-corrected chi connectivity index (χ3v) is 2.67. The van der Waals surface area contributed by atoms with Gasteiger partial charge in [0.2, 0.25) is 0 Å². The molecule has 1 aromatic carbocycles. The second kappa shape index (κ2) is 20.7. The summed E-state index contributed by atoms with van der Waals surface area (Å²) in [6.07, 6.45) is 0. The van der Waals surface area contributed by atoms with Crippen LogP contribution in [0.5, 0.6) is 0 Å². The van der Waals surface area contributed by atoms with Crippen LogP contribution in [0.25, 0.3) is 0 Å². The number of hydrogen-bond donors (Lipinski definition) is 2. The van der Waals surface area contributed by atoms with Gasteiger partial charge in [0, 0.05) is 49.8 Å². The van der Waals surface area contributed by atoms with Gasteiger partial charge in [-0.25, -0.2) is 0 Å². The van der Waals surface area contributed by atoms with Crippen molar-refractivity contribution in [2.45, 2.75) is 61.9 Å². The van der Waals surface area contributed by atoms with Gasteiger partial charge in [-0.3, -0.25) is 0 Å². The van der Waals surface area contributed by atoms with Gasteiger partial charge in [-0.2, -0.15) is 0 Å². The summed E-state index contributed by atoms with van der Waals surface area (Å²) < 4.78 is 1.17. The fourth-order valence-corrected chi connectivity index (χ4v) is 1.64. The molecule has 2 N–H and O–H groups in total. The predicted molar refractivity (Wildman–Crippen MR) is 98.6 cm³/mol. The van der Waals surface area contributed by atoms with Crippen LogP contribution < -0.4 is 5.32 Å². The molecular formula is C17H36BrNOY. The van der Waals surface area contributed by atoms with Crippen LogP contribution in [0.1, 0.15) is 61.5 Å². The van der Waals surface area contributed by atoms with E-state index in [0.29, 0.717) is 18.5 Å². The van der Waals surface area contributed by atoms with E-state index >= 15 is 0 Å². The van der Waals surface area contributed by atoms with Crippen molar-refractivity contribution in [1.82, 2.24) is 5.32 Å². The topological polar surface area (TPSA) is 32.3 Å². The predicted octanol–water partition coefficient (Wildman–Crippen LogP) is 5.46. The van der Waals surface area contributed by atoms with E-state index < -0.39 is 0 Å². The molecule has 0 aliphatic carbocycles. The monoisotopic (exact) mass is 438 g/mol. The van der Waals surface area contributed by atoms with Crippen molar-refractivity contribution in [2.24, 2.45) is 0 Å². The number of halogens is 1. The smallest absolute Gasteiger partial charge is 0.0556 e. The summed E-state index contributed by atoms with van der Waals surface area (Å²) in [5, 5.41) is 11.3. The van der Waals surface area contributed by atoms with Crippen molar-refractivity contribution < 1.29 is 37.8 Å². The first-order valence-electron chi connectivity index (χ1n) is 6.07. The fourth-order valence-electron chi connectivity index (χ4n) is 1.22. The van der Waals surface area contributed by atoms with Gasteiger partial charge in [-0.05, 0) is 23.6 Å². The van der Waals surface area contributed by atoms with E-state index in [4.69, 9.17) is 5.11 Å². The summed E-state index contributed by atoms with van der Waals surface area (Å²) in [5.41, 5.74) is 1.38. The molecule has 1 aromatic rings. The maximum Gasteiger partial charge on any atom is 0.0556 e. The molecule has 125 valence electrons. The molecule has 0 atom stereocenters. The van der Waals surface area contributed by atoms with Crippen molar-refractivity contribution in [2.75, 3.05) is 13.2 Å². The van der Waals surface area contributed by atoms with Gasteiger partial charge in [0.1, 0.15) is 0 Å². The normalized spacial score (nSPS) is 8.38. The molecule has 1 radical (unpaired) electrons.